The third-order valence-electron chi connectivity index (χ3n) is 3.95. The quantitative estimate of drug-likeness (QED) is 0.645. The molecule has 1 aliphatic heterocycles. The predicted octanol–water partition coefficient (Wildman–Crippen LogP) is 2.92. The first-order valence-electron chi connectivity index (χ1n) is 6.40. The van der Waals surface area contributed by atoms with E-state index < -0.39 is 0 Å². The third-order valence-corrected chi connectivity index (χ3v) is 3.95. The van der Waals surface area contributed by atoms with Gasteiger partial charge in [0.05, 0.1) is 6.61 Å². The molecule has 0 bridgehead atoms. The van der Waals surface area contributed by atoms with E-state index in [2.05, 4.69) is 25.7 Å². The molecular weight excluding hydrogens is 186 g/mol. The molecule has 1 heterocycles. The molecule has 0 amide bonds. The van der Waals surface area contributed by atoms with Gasteiger partial charge in [-0.25, -0.2) is 0 Å². The smallest absolute Gasteiger partial charge is 0.0515 e. The molecule has 0 spiro atoms. The lowest BCUT2D eigenvalue weighted by atomic mass is 9.84. The zero-order valence-corrected chi connectivity index (χ0v) is 10.9. The Morgan fingerprint density at radius 1 is 1.33 bits per heavy atom. The number of unbranched alkanes of at least 4 members (excludes halogenated alkanes) is 1. The molecule has 0 radical (unpaired) electrons. The van der Waals surface area contributed by atoms with Crippen molar-refractivity contribution in [2.24, 2.45) is 5.92 Å². The summed E-state index contributed by atoms with van der Waals surface area (Å²) >= 11 is 0. The molecule has 1 rings (SSSR count). The van der Waals surface area contributed by atoms with E-state index in [-0.39, 0.29) is 0 Å². The molecule has 0 aliphatic carbocycles. The van der Waals surface area contributed by atoms with Crippen molar-refractivity contribution in [3.05, 3.63) is 0 Å². The molecule has 15 heavy (non-hydrogen) atoms. The van der Waals surface area contributed by atoms with Gasteiger partial charge in [0.2, 0.25) is 0 Å². The van der Waals surface area contributed by atoms with Gasteiger partial charge in [-0.2, -0.15) is 0 Å². The predicted molar refractivity (Wildman–Crippen MR) is 65.2 cm³/mol. The first kappa shape index (κ1) is 13.0. The maximum Gasteiger partial charge on any atom is 0.0515 e. The normalized spacial score (nSPS) is 22.4. The molecule has 0 aromatic heterocycles. The first-order valence-corrected chi connectivity index (χ1v) is 6.40. The summed E-state index contributed by atoms with van der Waals surface area (Å²) in [6.07, 6.45) is 5.28. The van der Waals surface area contributed by atoms with Gasteiger partial charge in [-0.3, -0.25) is 4.90 Å². The van der Waals surface area contributed by atoms with Crippen molar-refractivity contribution in [1.29, 1.82) is 0 Å². The maximum absolute atomic E-state index is 5.19. The van der Waals surface area contributed by atoms with Crippen LogP contribution in [0.3, 0.4) is 0 Å². The molecule has 1 unspecified atom stereocenters. The molecule has 2 nitrogen and oxygen atoms in total. The van der Waals surface area contributed by atoms with Gasteiger partial charge in [0.25, 0.3) is 0 Å². The molecule has 0 aromatic carbocycles. The van der Waals surface area contributed by atoms with E-state index in [1.807, 2.05) is 0 Å². The highest BCUT2D eigenvalue weighted by Gasteiger charge is 2.38. The molecule has 90 valence electrons. The van der Waals surface area contributed by atoms with Crippen LogP contribution in [0.5, 0.6) is 0 Å². The van der Waals surface area contributed by atoms with Crippen LogP contribution in [0.25, 0.3) is 0 Å². The van der Waals surface area contributed by atoms with Crippen molar-refractivity contribution in [1.82, 2.24) is 4.90 Å². The molecule has 1 fully saturated rings. The summed E-state index contributed by atoms with van der Waals surface area (Å²) in [6, 6.07) is 0. The summed E-state index contributed by atoms with van der Waals surface area (Å²) in [5.41, 5.74) is 0.445. The summed E-state index contributed by atoms with van der Waals surface area (Å²) in [4.78, 5) is 2.65. The summed E-state index contributed by atoms with van der Waals surface area (Å²) in [5, 5.41) is 0. The third kappa shape index (κ3) is 3.18. The number of hydrogen-bond acceptors (Lipinski definition) is 2. The van der Waals surface area contributed by atoms with Crippen molar-refractivity contribution < 1.29 is 4.74 Å². The second-order valence-electron chi connectivity index (χ2n) is 5.18. The van der Waals surface area contributed by atoms with Crippen molar-refractivity contribution in [3.63, 3.8) is 0 Å². The fraction of sp³-hybridized carbons (Fsp3) is 1.00. The lowest BCUT2D eigenvalue weighted by molar-refractivity contribution is -0.0415. The van der Waals surface area contributed by atoms with Gasteiger partial charge in [-0.15, -0.1) is 0 Å². The lowest BCUT2D eigenvalue weighted by Gasteiger charge is -2.51. The second kappa shape index (κ2) is 5.86. The van der Waals surface area contributed by atoms with Gasteiger partial charge in [-0.1, -0.05) is 26.7 Å². The van der Waals surface area contributed by atoms with Gasteiger partial charge in [-0.05, 0) is 19.8 Å². The Hall–Kier alpha value is -0.0800. The topological polar surface area (TPSA) is 12.5 Å². The van der Waals surface area contributed by atoms with Crippen LogP contribution in [0.1, 0.15) is 46.5 Å². The van der Waals surface area contributed by atoms with Crippen molar-refractivity contribution in [2.75, 3.05) is 26.8 Å². The summed E-state index contributed by atoms with van der Waals surface area (Å²) in [7, 11) is 1.80. The molecular formula is C13H27NO. The monoisotopic (exact) mass is 213 g/mol. The van der Waals surface area contributed by atoms with Crippen LogP contribution >= 0.6 is 0 Å². The number of rotatable bonds is 7. The Kier molecular flexibility index (Phi) is 5.07. The van der Waals surface area contributed by atoms with Gasteiger partial charge in [0.1, 0.15) is 0 Å². The number of ether oxygens (including phenoxy) is 1. The van der Waals surface area contributed by atoms with E-state index in [1.54, 1.807) is 7.11 Å². The number of methoxy groups -OCH3 is 1. The number of nitrogens with zero attached hydrogens (tertiary/aromatic N) is 1. The molecule has 1 atom stereocenters. The van der Waals surface area contributed by atoms with Gasteiger partial charge < -0.3 is 4.74 Å². The number of likely N-dealkylation sites (tertiary alicyclic amines) is 1. The van der Waals surface area contributed by atoms with Crippen LogP contribution < -0.4 is 0 Å². The fourth-order valence-corrected chi connectivity index (χ4v) is 2.47. The Balaban J connectivity index is 2.33. The SMILES string of the molecule is CCCCC(C)(CC)N1CC(COC)C1. The average Bonchev–Trinajstić information content (AvgIpc) is 2.19. The zero-order valence-electron chi connectivity index (χ0n) is 10.9. The Bertz CT molecular complexity index is 177. The van der Waals surface area contributed by atoms with E-state index in [1.165, 1.54) is 38.8 Å². The van der Waals surface area contributed by atoms with Crippen LogP contribution in [0.15, 0.2) is 0 Å². The largest absolute Gasteiger partial charge is 0.384 e. The van der Waals surface area contributed by atoms with E-state index in [0.29, 0.717) is 5.54 Å². The van der Waals surface area contributed by atoms with Crippen LogP contribution in [0.2, 0.25) is 0 Å². The standard InChI is InChI=1S/C13H27NO/c1-5-7-8-13(3,6-2)14-9-12(10-14)11-15-4/h12H,5-11H2,1-4H3. The Morgan fingerprint density at radius 2 is 2.00 bits per heavy atom. The van der Waals surface area contributed by atoms with Gasteiger partial charge in [0.15, 0.2) is 0 Å². The lowest BCUT2D eigenvalue weighted by Crippen LogP contribution is -2.59. The fourth-order valence-electron chi connectivity index (χ4n) is 2.47. The van der Waals surface area contributed by atoms with E-state index in [4.69, 9.17) is 4.74 Å². The second-order valence-corrected chi connectivity index (χ2v) is 5.18. The van der Waals surface area contributed by atoms with Crippen molar-refractivity contribution >= 4 is 0 Å². The Morgan fingerprint density at radius 3 is 2.47 bits per heavy atom. The molecule has 1 aliphatic rings. The van der Waals surface area contributed by atoms with Crippen molar-refractivity contribution in [3.8, 4) is 0 Å². The van der Waals surface area contributed by atoms with Crippen LogP contribution in [0.4, 0.5) is 0 Å². The summed E-state index contributed by atoms with van der Waals surface area (Å²) < 4.78 is 5.19. The average molecular weight is 213 g/mol. The highest BCUT2D eigenvalue weighted by atomic mass is 16.5. The van der Waals surface area contributed by atoms with E-state index >= 15 is 0 Å². The summed E-state index contributed by atoms with van der Waals surface area (Å²) in [5.74, 6) is 0.780. The Labute approximate surface area is 95.0 Å². The van der Waals surface area contributed by atoms with E-state index in [0.717, 1.165) is 12.5 Å². The maximum atomic E-state index is 5.19. The van der Waals surface area contributed by atoms with Crippen molar-refractivity contribution in [2.45, 2.75) is 52.0 Å². The molecule has 0 N–H and O–H groups in total. The number of hydrogen-bond donors (Lipinski definition) is 0. The van der Waals surface area contributed by atoms with Crippen LogP contribution in [-0.2, 0) is 4.74 Å². The molecule has 0 aromatic rings. The van der Waals surface area contributed by atoms with Crippen LogP contribution in [-0.4, -0.2) is 37.2 Å². The molecule has 0 saturated carbocycles. The minimum absolute atomic E-state index is 0.445. The highest BCUT2D eigenvalue weighted by Crippen LogP contribution is 2.32. The minimum Gasteiger partial charge on any atom is -0.384 e. The summed E-state index contributed by atoms with van der Waals surface area (Å²) in [6.45, 7) is 10.4. The first-order chi connectivity index (χ1) is 7.16. The van der Waals surface area contributed by atoms with Crippen LogP contribution in [0, 0.1) is 5.92 Å². The highest BCUT2D eigenvalue weighted by molar-refractivity contribution is 4.93. The van der Waals surface area contributed by atoms with E-state index in [9.17, 15) is 0 Å². The minimum atomic E-state index is 0.445. The van der Waals surface area contributed by atoms with Gasteiger partial charge in [0, 0.05) is 31.7 Å². The molecule has 2 heteroatoms. The van der Waals surface area contributed by atoms with Gasteiger partial charge >= 0.3 is 0 Å². The molecule has 1 saturated heterocycles. The zero-order chi connectivity index (χ0) is 11.3.